The molecule has 0 N–H and O–H groups in total. The lowest BCUT2D eigenvalue weighted by atomic mass is 9.77. The van der Waals surface area contributed by atoms with Crippen molar-refractivity contribution < 1.29 is 28.8 Å². The van der Waals surface area contributed by atoms with Crippen LogP contribution in [0.2, 0.25) is 0 Å². The van der Waals surface area contributed by atoms with E-state index in [1.165, 1.54) is 0 Å². The molecule has 1 aliphatic carbocycles. The van der Waals surface area contributed by atoms with Crippen molar-refractivity contribution >= 4 is 35.0 Å². The van der Waals surface area contributed by atoms with Crippen molar-refractivity contribution in [1.82, 2.24) is 0 Å². The number of rotatable bonds is 4. The van der Waals surface area contributed by atoms with Crippen LogP contribution in [0.3, 0.4) is 0 Å². The number of unbranched alkanes of at least 4 members (excludes halogenated alkanes) is 1. The van der Waals surface area contributed by atoms with E-state index < -0.39 is 40.2 Å². The van der Waals surface area contributed by atoms with Crippen molar-refractivity contribution in [2.24, 2.45) is 5.92 Å². The molecule has 0 unspecified atom stereocenters. The fraction of sp³-hybridized carbons (Fsp3) is 0.385. The Morgan fingerprint density at radius 1 is 1.05 bits per heavy atom. The van der Waals surface area contributed by atoms with Crippen LogP contribution < -0.4 is 0 Å². The van der Waals surface area contributed by atoms with E-state index in [0.717, 1.165) is 11.9 Å². The molecule has 0 heterocycles. The van der Waals surface area contributed by atoms with E-state index in [0.29, 0.717) is 12.8 Å². The summed E-state index contributed by atoms with van der Waals surface area (Å²) in [6, 6.07) is 0. The first-order chi connectivity index (χ1) is 8.99. The van der Waals surface area contributed by atoms with Crippen molar-refractivity contribution in [2.75, 3.05) is 0 Å². The summed E-state index contributed by atoms with van der Waals surface area (Å²) in [6.07, 6.45) is 1.10. The minimum atomic E-state index is -1.78. The Balaban J connectivity index is 3.24. The summed E-state index contributed by atoms with van der Waals surface area (Å²) < 4.78 is 0. The lowest BCUT2D eigenvalue weighted by molar-refractivity contribution is -0.139. The number of allylic oxidation sites excluding steroid dienone is 2. The predicted octanol–water partition coefficient (Wildman–Crippen LogP) is -0.401. The van der Waals surface area contributed by atoms with Crippen LogP contribution in [0.15, 0.2) is 11.1 Å². The van der Waals surface area contributed by atoms with E-state index in [9.17, 15) is 28.8 Å². The van der Waals surface area contributed by atoms with Crippen LogP contribution in [0.4, 0.5) is 0 Å². The molecule has 0 aromatic carbocycles. The minimum absolute atomic E-state index is 0.0366. The standard InChI is InChI=1S/C13H10O6/c1-2-3-4-9(16)10-12(18)7(5-14)11(17)8(6-15)13(10)19/h10H,2-4H2,1H3. The van der Waals surface area contributed by atoms with E-state index in [1.807, 2.05) is 6.92 Å². The van der Waals surface area contributed by atoms with Gasteiger partial charge in [0.2, 0.25) is 5.78 Å². The minimum Gasteiger partial charge on any atom is -0.298 e. The summed E-state index contributed by atoms with van der Waals surface area (Å²) in [5, 5.41) is 0. The average Bonchev–Trinajstić information content (AvgIpc) is 2.37. The van der Waals surface area contributed by atoms with Gasteiger partial charge in [0, 0.05) is 6.42 Å². The van der Waals surface area contributed by atoms with Crippen LogP contribution in [0, 0.1) is 5.92 Å². The highest BCUT2D eigenvalue weighted by Gasteiger charge is 2.47. The van der Waals surface area contributed by atoms with E-state index in [2.05, 4.69) is 0 Å². The van der Waals surface area contributed by atoms with Gasteiger partial charge in [-0.25, -0.2) is 9.59 Å². The van der Waals surface area contributed by atoms with Crippen LogP contribution >= 0.6 is 0 Å². The van der Waals surface area contributed by atoms with Gasteiger partial charge in [-0.2, -0.15) is 0 Å². The molecule has 0 aliphatic heterocycles. The van der Waals surface area contributed by atoms with Crippen LogP contribution in [-0.4, -0.2) is 35.0 Å². The second kappa shape index (κ2) is 5.96. The lowest BCUT2D eigenvalue weighted by Gasteiger charge is -2.18. The molecule has 0 aromatic rings. The first kappa shape index (κ1) is 14.6. The quantitative estimate of drug-likeness (QED) is 0.295. The van der Waals surface area contributed by atoms with Gasteiger partial charge in [0.05, 0.1) is 0 Å². The molecule has 0 spiro atoms. The first-order valence-corrected chi connectivity index (χ1v) is 5.65. The normalized spacial score (nSPS) is 19.2. The number of ketones is 4. The van der Waals surface area contributed by atoms with E-state index in [1.54, 1.807) is 0 Å². The zero-order valence-corrected chi connectivity index (χ0v) is 10.1. The molecule has 6 nitrogen and oxygen atoms in total. The number of carbonyl (C=O) groups is 4. The summed E-state index contributed by atoms with van der Waals surface area (Å²) >= 11 is 0. The fourth-order valence-corrected chi connectivity index (χ4v) is 1.74. The molecule has 0 saturated heterocycles. The molecule has 19 heavy (non-hydrogen) atoms. The molecule has 1 fully saturated rings. The topological polar surface area (TPSA) is 102 Å². The molecule has 0 atom stereocenters. The molecule has 1 rings (SSSR count). The molecule has 0 amide bonds. The third kappa shape index (κ3) is 2.55. The Labute approximate surface area is 108 Å². The van der Waals surface area contributed by atoms with Gasteiger partial charge in [-0.1, -0.05) is 13.3 Å². The summed E-state index contributed by atoms with van der Waals surface area (Å²) in [4.78, 5) is 67.8. The molecule has 0 bridgehead atoms. The van der Waals surface area contributed by atoms with Gasteiger partial charge in [-0.3, -0.25) is 19.2 Å². The van der Waals surface area contributed by atoms with E-state index in [-0.39, 0.29) is 6.42 Å². The van der Waals surface area contributed by atoms with Gasteiger partial charge in [-0.05, 0) is 6.42 Å². The summed E-state index contributed by atoms with van der Waals surface area (Å²) in [6.45, 7) is 1.81. The highest BCUT2D eigenvalue weighted by molar-refractivity contribution is 6.52. The lowest BCUT2D eigenvalue weighted by Crippen LogP contribution is -2.43. The average molecular weight is 262 g/mol. The molecule has 1 aliphatic rings. The maximum absolute atomic E-state index is 11.8. The van der Waals surface area contributed by atoms with Crippen LogP contribution in [-0.2, 0) is 28.8 Å². The van der Waals surface area contributed by atoms with Crippen molar-refractivity contribution in [3.63, 3.8) is 0 Å². The second-order valence-electron chi connectivity index (χ2n) is 4.01. The van der Waals surface area contributed by atoms with E-state index in [4.69, 9.17) is 0 Å². The monoisotopic (exact) mass is 262 g/mol. The largest absolute Gasteiger partial charge is 0.298 e. The Morgan fingerprint density at radius 2 is 1.53 bits per heavy atom. The number of Topliss-reactive ketones (excluding diaryl/α,β-unsaturated/α-hetero) is 4. The maximum atomic E-state index is 11.8. The van der Waals surface area contributed by atoms with Crippen LogP contribution in [0.25, 0.3) is 0 Å². The second-order valence-corrected chi connectivity index (χ2v) is 4.01. The van der Waals surface area contributed by atoms with Crippen molar-refractivity contribution in [3.8, 4) is 0 Å². The third-order valence-electron chi connectivity index (χ3n) is 2.77. The molecule has 0 radical (unpaired) electrons. The van der Waals surface area contributed by atoms with Gasteiger partial charge in [0.15, 0.2) is 28.5 Å². The Morgan fingerprint density at radius 3 is 1.89 bits per heavy atom. The van der Waals surface area contributed by atoms with E-state index >= 15 is 0 Å². The SMILES string of the molecule is CCCCC(=O)C1C(=O)C(=C=O)C(=O)C(=C=O)C1=O. The van der Waals surface area contributed by atoms with Crippen molar-refractivity contribution in [1.29, 1.82) is 0 Å². The highest BCUT2D eigenvalue weighted by atomic mass is 16.2. The molecule has 98 valence electrons. The van der Waals surface area contributed by atoms with Crippen LogP contribution in [0.5, 0.6) is 0 Å². The zero-order chi connectivity index (χ0) is 14.6. The summed E-state index contributed by atoms with van der Waals surface area (Å²) in [7, 11) is 0. The summed E-state index contributed by atoms with van der Waals surface area (Å²) in [5.74, 6) is -3.96. The maximum Gasteiger partial charge on any atom is 0.222 e. The van der Waals surface area contributed by atoms with Gasteiger partial charge in [-0.15, -0.1) is 0 Å². The molecule has 0 aromatic heterocycles. The Kier molecular flexibility index (Phi) is 4.59. The van der Waals surface area contributed by atoms with Gasteiger partial charge in [0.1, 0.15) is 17.8 Å². The molecule has 1 saturated carbocycles. The van der Waals surface area contributed by atoms with Gasteiger partial charge >= 0.3 is 0 Å². The predicted molar refractivity (Wildman–Crippen MR) is 61.5 cm³/mol. The number of carbonyl (C=O) groups excluding carboxylic acids is 6. The van der Waals surface area contributed by atoms with Crippen molar-refractivity contribution in [2.45, 2.75) is 26.2 Å². The van der Waals surface area contributed by atoms with Gasteiger partial charge in [0.25, 0.3) is 0 Å². The summed E-state index contributed by atoms with van der Waals surface area (Å²) in [5.41, 5.74) is -1.93. The van der Waals surface area contributed by atoms with Gasteiger partial charge < -0.3 is 0 Å². The zero-order valence-electron chi connectivity index (χ0n) is 10.1. The smallest absolute Gasteiger partial charge is 0.222 e. The Hall–Kier alpha value is -2.42. The number of hydrogen-bond acceptors (Lipinski definition) is 6. The first-order valence-electron chi connectivity index (χ1n) is 5.65. The highest BCUT2D eigenvalue weighted by Crippen LogP contribution is 2.23. The molecule has 6 heteroatoms. The fourth-order valence-electron chi connectivity index (χ4n) is 1.74. The number of hydrogen-bond donors (Lipinski definition) is 0. The molecular weight excluding hydrogens is 252 g/mol. The Bertz CT molecular complexity index is 530. The van der Waals surface area contributed by atoms with Crippen LogP contribution in [0.1, 0.15) is 26.2 Å². The third-order valence-corrected chi connectivity index (χ3v) is 2.77. The van der Waals surface area contributed by atoms with Crippen molar-refractivity contribution in [3.05, 3.63) is 11.1 Å². The molecular formula is C13H10O6.